The predicted octanol–water partition coefficient (Wildman–Crippen LogP) is 6.87. The van der Waals surface area contributed by atoms with Crippen molar-refractivity contribution < 1.29 is 14.3 Å². The predicted molar refractivity (Wildman–Crippen MR) is 110 cm³/mol. The molecule has 0 saturated heterocycles. The summed E-state index contributed by atoms with van der Waals surface area (Å²) in [4.78, 5) is 23.8. The Kier molecular flexibility index (Phi) is 17.0. The van der Waals surface area contributed by atoms with Gasteiger partial charge in [-0.25, -0.2) is 0 Å². The monoisotopic (exact) mass is 368 g/mol. The van der Waals surface area contributed by atoms with Gasteiger partial charge in [-0.2, -0.15) is 0 Å². The first kappa shape index (κ1) is 25.1. The minimum atomic E-state index is -0.0991. The summed E-state index contributed by atoms with van der Waals surface area (Å²) < 4.78 is 5.41. The van der Waals surface area contributed by atoms with Gasteiger partial charge >= 0.3 is 5.97 Å². The fourth-order valence-electron chi connectivity index (χ4n) is 3.31. The lowest BCUT2D eigenvalue weighted by Gasteiger charge is -2.14. The summed E-state index contributed by atoms with van der Waals surface area (Å²) in [5.74, 6) is 1.46. The molecule has 0 radical (unpaired) electrons. The molecule has 0 aromatic heterocycles. The van der Waals surface area contributed by atoms with Crippen molar-refractivity contribution in [3.63, 3.8) is 0 Å². The average molecular weight is 369 g/mol. The van der Waals surface area contributed by atoms with Crippen molar-refractivity contribution in [3.05, 3.63) is 0 Å². The van der Waals surface area contributed by atoms with Crippen LogP contribution in [0.1, 0.15) is 118 Å². The van der Waals surface area contributed by atoms with E-state index in [1.54, 1.807) is 0 Å². The first-order valence-corrected chi connectivity index (χ1v) is 11.2. The third-order valence-corrected chi connectivity index (χ3v) is 5.48. The zero-order valence-corrected chi connectivity index (χ0v) is 18.0. The highest BCUT2D eigenvalue weighted by Gasteiger charge is 2.11. The average Bonchev–Trinajstić information content (AvgIpc) is 2.65. The van der Waals surface area contributed by atoms with Crippen molar-refractivity contribution >= 4 is 11.8 Å². The first-order valence-electron chi connectivity index (χ1n) is 11.2. The van der Waals surface area contributed by atoms with Crippen molar-refractivity contribution in [2.45, 2.75) is 118 Å². The Morgan fingerprint density at radius 1 is 0.692 bits per heavy atom. The van der Waals surface area contributed by atoms with Crippen LogP contribution in [0.5, 0.6) is 0 Å². The summed E-state index contributed by atoms with van der Waals surface area (Å²) >= 11 is 0. The van der Waals surface area contributed by atoms with E-state index in [9.17, 15) is 9.59 Å². The highest BCUT2D eigenvalue weighted by Crippen LogP contribution is 2.19. The van der Waals surface area contributed by atoms with E-state index in [0.717, 1.165) is 32.1 Å². The molecule has 0 aliphatic rings. The Morgan fingerprint density at radius 3 is 1.85 bits per heavy atom. The highest BCUT2D eigenvalue weighted by molar-refractivity contribution is 5.78. The maximum absolute atomic E-state index is 12.0. The van der Waals surface area contributed by atoms with Crippen molar-refractivity contribution in [3.8, 4) is 0 Å². The Labute approximate surface area is 162 Å². The van der Waals surface area contributed by atoms with E-state index in [2.05, 4.69) is 27.7 Å². The lowest BCUT2D eigenvalue weighted by molar-refractivity contribution is -0.145. The van der Waals surface area contributed by atoms with Crippen LogP contribution in [0, 0.1) is 11.8 Å². The third-order valence-electron chi connectivity index (χ3n) is 5.48. The normalized spacial score (nSPS) is 13.4. The molecule has 0 aliphatic carbocycles. The van der Waals surface area contributed by atoms with Gasteiger partial charge in [0.1, 0.15) is 5.78 Å². The van der Waals surface area contributed by atoms with Gasteiger partial charge in [0, 0.05) is 19.3 Å². The van der Waals surface area contributed by atoms with Crippen LogP contribution >= 0.6 is 0 Å². The molecule has 26 heavy (non-hydrogen) atoms. The summed E-state index contributed by atoms with van der Waals surface area (Å²) in [6, 6.07) is 0. The molecule has 0 aromatic carbocycles. The minimum absolute atomic E-state index is 0.0991. The maximum Gasteiger partial charge on any atom is 0.305 e. The molecule has 0 rings (SSSR count). The summed E-state index contributed by atoms with van der Waals surface area (Å²) in [6.07, 6.45) is 13.9. The maximum atomic E-state index is 12.0. The minimum Gasteiger partial charge on any atom is -0.465 e. The van der Waals surface area contributed by atoms with E-state index in [0.29, 0.717) is 43.5 Å². The summed E-state index contributed by atoms with van der Waals surface area (Å²) in [5, 5.41) is 0. The standard InChI is InChI=1S/C23H44O3/c1-5-9-13-20(7-3)17-18-22(24)15-11-12-16-23(25)26-19-21(8-4)14-10-6-2/h20-21H,5-19H2,1-4H3. The second kappa shape index (κ2) is 17.5. The number of hydrogen-bond acceptors (Lipinski definition) is 3. The van der Waals surface area contributed by atoms with E-state index >= 15 is 0 Å². The molecular weight excluding hydrogens is 324 g/mol. The van der Waals surface area contributed by atoms with Crippen LogP contribution in [-0.2, 0) is 14.3 Å². The Hall–Kier alpha value is -0.860. The zero-order valence-electron chi connectivity index (χ0n) is 18.0. The molecule has 0 N–H and O–H groups in total. The topological polar surface area (TPSA) is 43.4 Å². The Bertz CT molecular complexity index is 317. The number of Topliss-reactive ketones (excluding diaryl/α,β-unsaturated/α-hetero) is 1. The van der Waals surface area contributed by atoms with Crippen molar-refractivity contribution in [1.82, 2.24) is 0 Å². The number of unbranched alkanes of at least 4 members (excludes halogenated alkanes) is 3. The Morgan fingerprint density at radius 2 is 1.27 bits per heavy atom. The van der Waals surface area contributed by atoms with Gasteiger partial charge in [0.05, 0.1) is 6.61 Å². The number of ether oxygens (including phenoxy) is 1. The van der Waals surface area contributed by atoms with Crippen LogP contribution in [0.15, 0.2) is 0 Å². The molecule has 0 aliphatic heterocycles. The lowest BCUT2D eigenvalue weighted by Crippen LogP contribution is -2.13. The molecule has 3 nitrogen and oxygen atoms in total. The van der Waals surface area contributed by atoms with E-state index in [-0.39, 0.29) is 5.97 Å². The van der Waals surface area contributed by atoms with Crippen LogP contribution in [0.3, 0.4) is 0 Å². The van der Waals surface area contributed by atoms with Gasteiger partial charge in [-0.15, -0.1) is 0 Å². The van der Waals surface area contributed by atoms with Gasteiger partial charge < -0.3 is 4.74 Å². The van der Waals surface area contributed by atoms with Crippen LogP contribution in [0.4, 0.5) is 0 Å². The van der Waals surface area contributed by atoms with Crippen LogP contribution in [-0.4, -0.2) is 18.4 Å². The van der Waals surface area contributed by atoms with E-state index in [1.165, 1.54) is 38.5 Å². The second-order valence-corrected chi connectivity index (χ2v) is 7.80. The van der Waals surface area contributed by atoms with Crippen LogP contribution in [0.2, 0.25) is 0 Å². The van der Waals surface area contributed by atoms with Crippen LogP contribution < -0.4 is 0 Å². The molecule has 2 unspecified atom stereocenters. The zero-order chi connectivity index (χ0) is 19.6. The van der Waals surface area contributed by atoms with E-state index < -0.39 is 0 Å². The molecule has 0 aromatic rings. The first-order chi connectivity index (χ1) is 12.6. The number of carbonyl (C=O) groups is 2. The Balaban J connectivity index is 3.73. The van der Waals surface area contributed by atoms with Gasteiger partial charge in [0.25, 0.3) is 0 Å². The number of esters is 1. The van der Waals surface area contributed by atoms with Gasteiger partial charge in [-0.3, -0.25) is 9.59 Å². The number of ketones is 1. The number of hydrogen-bond donors (Lipinski definition) is 0. The second-order valence-electron chi connectivity index (χ2n) is 7.80. The molecule has 154 valence electrons. The molecular formula is C23H44O3. The van der Waals surface area contributed by atoms with E-state index in [1.807, 2.05) is 0 Å². The number of carbonyl (C=O) groups excluding carboxylic acids is 2. The SMILES string of the molecule is CCCCC(CC)CCC(=O)CCCCC(=O)OCC(CC)CCCC. The fourth-order valence-corrected chi connectivity index (χ4v) is 3.31. The molecule has 3 heteroatoms. The number of rotatable bonds is 18. The molecule has 0 heterocycles. The van der Waals surface area contributed by atoms with Crippen molar-refractivity contribution in [2.24, 2.45) is 11.8 Å². The van der Waals surface area contributed by atoms with Gasteiger partial charge in [0.2, 0.25) is 0 Å². The smallest absolute Gasteiger partial charge is 0.305 e. The third kappa shape index (κ3) is 14.3. The molecule has 0 amide bonds. The summed E-state index contributed by atoms with van der Waals surface area (Å²) in [5.41, 5.74) is 0. The fraction of sp³-hybridized carbons (Fsp3) is 0.913. The quantitative estimate of drug-likeness (QED) is 0.196. The van der Waals surface area contributed by atoms with Gasteiger partial charge in [-0.05, 0) is 37.5 Å². The van der Waals surface area contributed by atoms with Gasteiger partial charge in [0.15, 0.2) is 0 Å². The summed E-state index contributed by atoms with van der Waals surface area (Å²) in [7, 11) is 0. The van der Waals surface area contributed by atoms with Crippen molar-refractivity contribution in [1.29, 1.82) is 0 Å². The van der Waals surface area contributed by atoms with Crippen molar-refractivity contribution in [2.75, 3.05) is 6.61 Å². The highest BCUT2D eigenvalue weighted by atomic mass is 16.5. The molecule has 0 fully saturated rings. The molecule has 0 bridgehead atoms. The molecule has 0 spiro atoms. The molecule has 2 atom stereocenters. The summed E-state index contributed by atoms with van der Waals surface area (Å²) in [6.45, 7) is 9.35. The lowest BCUT2D eigenvalue weighted by atomic mass is 9.92. The van der Waals surface area contributed by atoms with Crippen LogP contribution in [0.25, 0.3) is 0 Å². The molecule has 0 saturated carbocycles. The van der Waals surface area contributed by atoms with E-state index in [4.69, 9.17) is 4.74 Å². The largest absolute Gasteiger partial charge is 0.465 e. The van der Waals surface area contributed by atoms with Gasteiger partial charge in [-0.1, -0.05) is 72.6 Å².